The summed E-state index contributed by atoms with van der Waals surface area (Å²) in [5.74, 6) is -0.0545. The van der Waals surface area contributed by atoms with E-state index in [4.69, 9.17) is 5.11 Å². The molecule has 1 N–H and O–H groups in total. The molecule has 0 aliphatic heterocycles. The molecule has 1 rings (SSSR count). The van der Waals surface area contributed by atoms with Gasteiger partial charge in [-0.05, 0) is 18.6 Å². The van der Waals surface area contributed by atoms with Crippen molar-refractivity contribution in [3.05, 3.63) is 29.6 Å². The van der Waals surface area contributed by atoms with Crippen molar-refractivity contribution in [2.45, 2.75) is 31.9 Å². The van der Waals surface area contributed by atoms with Gasteiger partial charge in [-0.25, -0.2) is 9.78 Å². The molecule has 0 radical (unpaired) electrons. The summed E-state index contributed by atoms with van der Waals surface area (Å²) in [6, 6.07) is 4.78. The molecule has 1 atom stereocenters. The first kappa shape index (κ1) is 13.8. The molecule has 0 fully saturated rings. The highest BCUT2D eigenvalue weighted by atomic mass is 32.2. The van der Waals surface area contributed by atoms with Crippen LogP contribution in [0.4, 0.5) is 0 Å². The second-order valence-corrected chi connectivity index (χ2v) is 5.39. The minimum absolute atomic E-state index is 0.00746. The van der Waals surface area contributed by atoms with Crippen molar-refractivity contribution in [3.8, 4) is 0 Å². The van der Waals surface area contributed by atoms with Crippen LogP contribution in [0.1, 0.15) is 42.4 Å². The fourth-order valence-electron chi connectivity index (χ4n) is 1.43. The van der Waals surface area contributed by atoms with E-state index in [1.165, 1.54) is 6.07 Å². The summed E-state index contributed by atoms with van der Waals surface area (Å²) in [4.78, 5) is 14.7. The number of carboxylic acids is 1. The van der Waals surface area contributed by atoms with Crippen LogP contribution < -0.4 is 0 Å². The Hall–Kier alpha value is -1.23. The molecule has 0 spiro atoms. The van der Waals surface area contributed by atoms with E-state index < -0.39 is 16.8 Å². The number of hydrogen-bond donors (Lipinski definition) is 1. The van der Waals surface area contributed by atoms with Gasteiger partial charge in [0.05, 0.1) is 11.4 Å². The third-order valence-electron chi connectivity index (χ3n) is 2.31. The Balaban J connectivity index is 2.53. The molecule has 0 aromatic carbocycles. The molecule has 0 amide bonds. The first-order valence-corrected chi connectivity index (χ1v) is 7.16. The molecule has 4 nitrogen and oxygen atoms in total. The van der Waals surface area contributed by atoms with Crippen LogP contribution in [0.2, 0.25) is 0 Å². The molecule has 0 bridgehead atoms. The summed E-state index contributed by atoms with van der Waals surface area (Å²) in [7, 11) is -0.949. The van der Waals surface area contributed by atoms with Crippen molar-refractivity contribution in [1.29, 1.82) is 0 Å². The van der Waals surface area contributed by atoms with Crippen LogP contribution in [0, 0.1) is 0 Å². The molecule has 0 aliphatic carbocycles. The highest BCUT2D eigenvalue weighted by Gasteiger charge is 2.07. The summed E-state index contributed by atoms with van der Waals surface area (Å²) in [5.41, 5.74) is 0.591. The molecular weight excluding hydrogens is 238 g/mol. The fraction of sp³-hybridized carbons (Fsp3) is 0.500. The zero-order valence-corrected chi connectivity index (χ0v) is 10.7. The molecule has 0 saturated carbocycles. The average Bonchev–Trinajstić information content (AvgIpc) is 2.29. The Kier molecular flexibility index (Phi) is 5.83. The lowest BCUT2D eigenvalue weighted by atomic mass is 10.3. The van der Waals surface area contributed by atoms with Gasteiger partial charge in [0.1, 0.15) is 5.69 Å². The van der Waals surface area contributed by atoms with Crippen molar-refractivity contribution in [3.63, 3.8) is 0 Å². The second-order valence-electron chi connectivity index (χ2n) is 3.81. The molecule has 0 saturated heterocycles. The van der Waals surface area contributed by atoms with E-state index in [1.54, 1.807) is 12.1 Å². The first-order chi connectivity index (χ1) is 8.13. The molecule has 1 aromatic rings. The van der Waals surface area contributed by atoms with Gasteiger partial charge in [-0.2, -0.15) is 0 Å². The Bertz CT molecular complexity index is 406. The number of rotatable bonds is 7. The number of aromatic carboxylic acids is 1. The van der Waals surface area contributed by atoms with E-state index in [0.29, 0.717) is 17.2 Å². The Morgan fingerprint density at radius 2 is 2.18 bits per heavy atom. The standard InChI is InChI=1S/C12H17NO3S/c1-2-3-4-8-17(16)9-10-6-5-7-11(13-10)12(14)15/h5-7H,2-4,8-9H2,1H3,(H,14,15). The van der Waals surface area contributed by atoms with E-state index in [2.05, 4.69) is 11.9 Å². The van der Waals surface area contributed by atoms with Crippen LogP contribution in [-0.4, -0.2) is 26.0 Å². The van der Waals surface area contributed by atoms with Crippen LogP contribution in [0.15, 0.2) is 18.2 Å². The van der Waals surface area contributed by atoms with Gasteiger partial charge in [-0.1, -0.05) is 25.8 Å². The summed E-state index contributed by atoms with van der Waals surface area (Å²) in [6.45, 7) is 2.10. The Labute approximate surface area is 104 Å². The molecule has 1 aromatic heterocycles. The summed E-state index contributed by atoms with van der Waals surface area (Å²) >= 11 is 0. The highest BCUT2D eigenvalue weighted by molar-refractivity contribution is 7.84. The van der Waals surface area contributed by atoms with Crippen molar-refractivity contribution in [2.75, 3.05) is 5.75 Å². The van der Waals surface area contributed by atoms with Crippen molar-refractivity contribution in [1.82, 2.24) is 4.98 Å². The number of unbranched alkanes of at least 4 members (excludes halogenated alkanes) is 2. The van der Waals surface area contributed by atoms with Crippen LogP contribution >= 0.6 is 0 Å². The molecule has 0 aliphatic rings. The number of nitrogens with zero attached hydrogens (tertiary/aromatic N) is 1. The molecule has 17 heavy (non-hydrogen) atoms. The zero-order chi connectivity index (χ0) is 12.7. The fourth-order valence-corrected chi connectivity index (χ4v) is 2.59. The topological polar surface area (TPSA) is 67.3 Å². The minimum Gasteiger partial charge on any atom is -0.477 e. The monoisotopic (exact) mass is 255 g/mol. The zero-order valence-electron chi connectivity index (χ0n) is 9.89. The number of hydrogen-bond acceptors (Lipinski definition) is 3. The van der Waals surface area contributed by atoms with Gasteiger partial charge < -0.3 is 5.11 Å². The van der Waals surface area contributed by atoms with E-state index in [9.17, 15) is 9.00 Å². The second kappa shape index (κ2) is 7.17. The maximum atomic E-state index is 11.7. The Morgan fingerprint density at radius 1 is 1.41 bits per heavy atom. The number of pyridine rings is 1. The first-order valence-electron chi connectivity index (χ1n) is 5.67. The minimum atomic E-state index is -1.05. The third-order valence-corrected chi connectivity index (χ3v) is 3.67. The van der Waals surface area contributed by atoms with E-state index in [-0.39, 0.29) is 5.69 Å². The number of carboxylic acid groups (broad SMARTS) is 1. The highest BCUT2D eigenvalue weighted by Crippen LogP contribution is 2.05. The van der Waals surface area contributed by atoms with Crippen LogP contribution in [-0.2, 0) is 16.6 Å². The van der Waals surface area contributed by atoms with Gasteiger partial charge in [0.15, 0.2) is 0 Å². The number of carbonyl (C=O) groups is 1. The predicted molar refractivity (Wildman–Crippen MR) is 67.4 cm³/mol. The molecule has 5 heteroatoms. The lowest BCUT2D eigenvalue weighted by Crippen LogP contribution is -2.06. The van der Waals surface area contributed by atoms with Crippen LogP contribution in [0.3, 0.4) is 0 Å². The summed E-state index contributed by atoms with van der Waals surface area (Å²) < 4.78 is 11.7. The van der Waals surface area contributed by atoms with Crippen molar-refractivity contribution >= 4 is 16.8 Å². The average molecular weight is 255 g/mol. The summed E-state index contributed by atoms with van der Waals surface area (Å²) in [5, 5.41) is 8.78. The SMILES string of the molecule is CCCCCS(=O)Cc1cccc(C(=O)O)n1. The third kappa shape index (κ3) is 5.08. The van der Waals surface area contributed by atoms with Crippen molar-refractivity contribution < 1.29 is 14.1 Å². The summed E-state index contributed by atoms with van der Waals surface area (Å²) in [6.07, 6.45) is 3.13. The van der Waals surface area contributed by atoms with Crippen molar-refractivity contribution in [2.24, 2.45) is 0 Å². The lowest BCUT2D eigenvalue weighted by molar-refractivity contribution is 0.0690. The van der Waals surface area contributed by atoms with Gasteiger partial charge in [-0.15, -0.1) is 0 Å². The molecule has 94 valence electrons. The van der Waals surface area contributed by atoms with E-state index >= 15 is 0 Å². The Morgan fingerprint density at radius 3 is 2.82 bits per heavy atom. The van der Waals surface area contributed by atoms with Gasteiger partial charge in [0.25, 0.3) is 0 Å². The normalized spacial score (nSPS) is 12.3. The lowest BCUT2D eigenvalue weighted by Gasteiger charge is -2.02. The van der Waals surface area contributed by atoms with Gasteiger partial charge in [0.2, 0.25) is 0 Å². The largest absolute Gasteiger partial charge is 0.477 e. The maximum absolute atomic E-state index is 11.7. The predicted octanol–water partition coefficient (Wildman–Crippen LogP) is 2.22. The smallest absolute Gasteiger partial charge is 0.354 e. The molecular formula is C12H17NO3S. The van der Waals surface area contributed by atoms with Crippen LogP contribution in [0.5, 0.6) is 0 Å². The quantitative estimate of drug-likeness (QED) is 0.759. The maximum Gasteiger partial charge on any atom is 0.354 e. The van der Waals surface area contributed by atoms with Gasteiger partial charge in [0, 0.05) is 16.6 Å². The molecule has 1 heterocycles. The molecule has 1 unspecified atom stereocenters. The van der Waals surface area contributed by atoms with E-state index in [1.807, 2.05) is 0 Å². The van der Waals surface area contributed by atoms with Crippen LogP contribution in [0.25, 0.3) is 0 Å². The van der Waals surface area contributed by atoms with Gasteiger partial charge in [-0.3, -0.25) is 4.21 Å². The van der Waals surface area contributed by atoms with Gasteiger partial charge >= 0.3 is 5.97 Å². The van der Waals surface area contributed by atoms with E-state index in [0.717, 1.165) is 19.3 Å². The number of aromatic nitrogens is 1.